The molecule has 1 aromatic rings. The number of aliphatic hydroxyl groups excluding tert-OH is 1. The van der Waals surface area contributed by atoms with Crippen LogP contribution in [-0.4, -0.2) is 11.7 Å². The molecule has 0 amide bonds. The molecule has 1 aromatic carbocycles. The summed E-state index contributed by atoms with van der Waals surface area (Å²) in [5.41, 5.74) is 1.98. The van der Waals surface area contributed by atoms with Gasteiger partial charge in [-0.3, -0.25) is 0 Å². The Morgan fingerprint density at radius 3 is 2.71 bits per heavy atom. The van der Waals surface area contributed by atoms with E-state index >= 15 is 0 Å². The number of rotatable bonds is 4. The van der Waals surface area contributed by atoms with Crippen LogP contribution in [0.5, 0.6) is 5.75 Å². The van der Waals surface area contributed by atoms with Crippen molar-refractivity contribution >= 4 is 11.6 Å². The Labute approximate surface area is 108 Å². The summed E-state index contributed by atoms with van der Waals surface area (Å²) in [5, 5.41) is 11.1. The molecule has 3 heteroatoms. The van der Waals surface area contributed by atoms with Crippen molar-refractivity contribution in [2.24, 2.45) is 5.92 Å². The van der Waals surface area contributed by atoms with Crippen molar-refractivity contribution in [2.45, 2.75) is 39.2 Å². The molecule has 0 bridgehead atoms. The van der Waals surface area contributed by atoms with E-state index in [0.717, 1.165) is 36.1 Å². The van der Waals surface area contributed by atoms with E-state index in [-0.39, 0.29) is 5.92 Å². The van der Waals surface area contributed by atoms with Gasteiger partial charge in [0, 0.05) is 17.0 Å². The first-order chi connectivity index (χ1) is 8.17. The van der Waals surface area contributed by atoms with Gasteiger partial charge in [-0.2, -0.15) is 0 Å². The third kappa shape index (κ3) is 2.43. The predicted molar refractivity (Wildman–Crippen MR) is 69.7 cm³/mol. The summed E-state index contributed by atoms with van der Waals surface area (Å²) in [6.45, 7) is 4.89. The molecule has 0 saturated heterocycles. The smallest absolute Gasteiger partial charge is 0.128 e. The van der Waals surface area contributed by atoms with E-state index in [4.69, 9.17) is 16.3 Å². The summed E-state index contributed by atoms with van der Waals surface area (Å²) in [7, 11) is 0. The fourth-order valence-electron chi connectivity index (χ4n) is 2.51. The Balaban J connectivity index is 2.38. The van der Waals surface area contributed by atoms with E-state index in [1.807, 2.05) is 12.1 Å². The molecular formula is C14H19ClO2. The minimum Gasteiger partial charge on any atom is -0.493 e. The molecule has 1 heterocycles. The van der Waals surface area contributed by atoms with Crippen LogP contribution in [0, 0.1) is 5.92 Å². The highest BCUT2D eigenvalue weighted by atomic mass is 35.5. The van der Waals surface area contributed by atoms with Crippen molar-refractivity contribution in [3.63, 3.8) is 0 Å². The van der Waals surface area contributed by atoms with Crippen LogP contribution in [0.2, 0.25) is 5.02 Å². The Kier molecular flexibility index (Phi) is 3.95. The van der Waals surface area contributed by atoms with Gasteiger partial charge in [0.05, 0.1) is 12.7 Å². The van der Waals surface area contributed by atoms with Gasteiger partial charge in [-0.25, -0.2) is 0 Å². The highest BCUT2D eigenvalue weighted by Crippen LogP contribution is 2.40. The Morgan fingerprint density at radius 2 is 2.06 bits per heavy atom. The van der Waals surface area contributed by atoms with Crippen molar-refractivity contribution in [3.8, 4) is 5.75 Å². The Bertz CT molecular complexity index is 399. The molecule has 1 unspecified atom stereocenters. The molecule has 17 heavy (non-hydrogen) atoms. The van der Waals surface area contributed by atoms with Crippen LogP contribution in [0.25, 0.3) is 0 Å². The zero-order chi connectivity index (χ0) is 12.4. The van der Waals surface area contributed by atoms with Gasteiger partial charge in [0.1, 0.15) is 5.75 Å². The van der Waals surface area contributed by atoms with E-state index in [9.17, 15) is 5.11 Å². The second-order valence-corrected chi connectivity index (χ2v) is 5.04. The minimum atomic E-state index is -0.476. The number of hydrogen-bond donors (Lipinski definition) is 1. The zero-order valence-electron chi connectivity index (χ0n) is 10.4. The molecule has 2 nitrogen and oxygen atoms in total. The fourth-order valence-corrected chi connectivity index (χ4v) is 2.76. The molecule has 1 aliphatic heterocycles. The van der Waals surface area contributed by atoms with E-state index < -0.39 is 6.10 Å². The molecule has 1 aliphatic rings. The van der Waals surface area contributed by atoms with Crippen LogP contribution in [0.4, 0.5) is 0 Å². The maximum atomic E-state index is 10.4. The van der Waals surface area contributed by atoms with Crippen LogP contribution in [0.1, 0.15) is 43.9 Å². The molecule has 1 atom stereocenters. The largest absolute Gasteiger partial charge is 0.493 e. The summed E-state index contributed by atoms with van der Waals surface area (Å²) in [6, 6.07) is 3.78. The molecule has 2 rings (SSSR count). The molecule has 94 valence electrons. The Morgan fingerprint density at radius 1 is 1.35 bits per heavy atom. The van der Waals surface area contributed by atoms with Crippen LogP contribution < -0.4 is 4.74 Å². The summed E-state index contributed by atoms with van der Waals surface area (Å²) in [5.74, 6) is 1.12. The lowest BCUT2D eigenvalue weighted by atomic mass is 9.90. The highest BCUT2D eigenvalue weighted by Gasteiger charge is 2.26. The van der Waals surface area contributed by atoms with Crippen molar-refractivity contribution in [3.05, 3.63) is 28.3 Å². The van der Waals surface area contributed by atoms with Gasteiger partial charge in [0.15, 0.2) is 0 Å². The molecule has 0 saturated carbocycles. The number of ether oxygens (including phenoxy) is 1. The van der Waals surface area contributed by atoms with Crippen molar-refractivity contribution in [1.82, 2.24) is 0 Å². The van der Waals surface area contributed by atoms with Crippen molar-refractivity contribution in [2.75, 3.05) is 6.61 Å². The average molecular weight is 255 g/mol. The summed E-state index contributed by atoms with van der Waals surface area (Å²) >= 11 is 6.10. The highest BCUT2D eigenvalue weighted by molar-refractivity contribution is 6.30. The van der Waals surface area contributed by atoms with E-state index in [2.05, 4.69) is 13.8 Å². The van der Waals surface area contributed by atoms with Gasteiger partial charge in [-0.15, -0.1) is 0 Å². The first kappa shape index (κ1) is 12.7. The summed E-state index contributed by atoms with van der Waals surface area (Å²) in [6.07, 6.45) is 2.33. The van der Waals surface area contributed by atoms with Gasteiger partial charge < -0.3 is 9.84 Å². The number of hydrogen-bond acceptors (Lipinski definition) is 2. The third-order valence-electron chi connectivity index (χ3n) is 3.59. The van der Waals surface area contributed by atoms with Crippen LogP contribution in [0.15, 0.2) is 12.1 Å². The molecular weight excluding hydrogens is 236 g/mol. The molecule has 0 aromatic heterocycles. The first-order valence-corrected chi connectivity index (χ1v) is 6.68. The quantitative estimate of drug-likeness (QED) is 0.887. The van der Waals surface area contributed by atoms with Gasteiger partial charge in [0.25, 0.3) is 0 Å². The standard InChI is InChI=1S/C14H19ClO2/c1-3-9(4-2)13(16)12-8-11(15)7-10-5-6-17-14(10)12/h7-9,13,16H,3-6H2,1-2H3. The third-order valence-corrected chi connectivity index (χ3v) is 3.81. The maximum Gasteiger partial charge on any atom is 0.128 e. The van der Waals surface area contributed by atoms with Gasteiger partial charge in [0.2, 0.25) is 0 Å². The first-order valence-electron chi connectivity index (χ1n) is 6.30. The minimum absolute atomic E-state index is 0.266. The van der Waals surface area contributed by atoms with Crippen LogP contribution in [0.3, 0.4) is 0 Å². The lowest BCUT2D eigenvalue weighted by Gasteiger charge is -2.22. The number of benzene rings is 1. The number of halogens is 1. The number of aliphatic hydroxyl groups is 1. The van der Waals surface area contributed by atoms with E-state index in [0.29, 0.717) is 11.6 Å². The number of fused-ring (bicyclic) bond motifs is 1. The lowest BCUT2D eigenvalue weighted by molar-refractivity contribution is 0.100. The predicted octanol–water partition coefficient (Wildman–Crippen LogP) is 3.74. The lowest BCUT2D eigenvalue weighted by Crippen LogP contribution is -2.12. The Hall–Kier alpha value is -0.730. The molecule has 0 spiro atoms. The molecule has 0 fully saturated rings. The van der Waals surface area contributed by atoms with Crippen LogP contribution in [-0.2, 0) is 6.42 Å². The van der Waals surface area contributed by atoms with Gasteiger partial charge in [-0.05, 0) is 23.6 Å². The topological polar surface area (TPSA) is 29.5 Å². The van der Waals surface area contributed by atoms with Crippen molar-refractivity contribution < 1.29 is 9.84 Å². The molecule has 0 aliphatic carbocycles. The monoisotopic (exact) mass is 254 g/mol. The van der Waals surface area contributed by atoms with Crippen LogP contribution >= 0.6 is 11.6 Å². The normalized spacial score (nSPS) is 15.8. The molecule has 1 N–H and O–H groups in total. The SMILES string of the molecule is CCC(CC)C(O)c1cc(Cl)cc2c1OCC2. The fraction of sp³-hybridized carbons (Fsp3) is 0.571. The van der Waals surface area contributed by atoms with Crippen molar-refractivity contribution in [1.29, 1.82) is 0 Å². The zero-order valence-corrected chi connectivity index (χ0v) is 11.1. The average Bonchev–Trinajstić information content (AvgIpc) is 2.77. The van der Waals surface area contributed by atoms with Gasteiger partial charge >= 0.3 is 0 Å². The summed E-state index contributed by atoms with van der Waals surface area (Å²) in [4.78, 5) is 0. The summed E-state index contributed by atoms with van der Waals surface area (Å²) < 4.78 is 5.63. The second kappa shape index (κ2) is 5.28. The molecule has 0 radical (unpaired) electrons. The van der Waals surface area contributed by atoms with E-state index in [1.165, 1.54) is 0 Å². The van der Waals surface area contributed by atoms with E-state index in [1.54, 1.807) is 0 Å². The second-order valence-electron chi connectivity index (χ2n) is 4.60. The maximum absolute atomic E-state index is 10.4. The van der Waals surface area contributed by atoms with Gasteiger partial charge in [-0.1, -0.05) is 38.3 Å².